The highest BCUT2D eigenvalue weighted by atomic mass is 16.6. The monoisotopic (exact) mass is 366 g/mol. The number of hydrogen-bond donors (Lipinski definition) is 1. The summed E-state index contributed by atoms with van der Waals surface area (Å²) >= 11 is 0. The van der Waals surface area contributed by atoms with Crippen molar-refractivity contribution in [2.45, 2.75) is 32.4 Å². The summed E-state index contributed by atoms with van der Waals surface area (Å²) in [6.45, 7) is 7.89. The molecule has 1 atom stereocenters. The van der Waals surface area contributed by atoms with E-state index in [4.69, 9.17) is 9.15 Å². The summed E-state index contributed by atoms with van der Waals surface area (Å²) in [6, 6.07) is 3.57. The van der Waals surface area contributed by atoms with Crippen LogP contribution in [0.5, 0.6) is 0 Å². The first-order chi connectivity index (χ1) is 12.2. The Bertz CT molecular complexity index is 587. The van der Waals surface area contributed by atoms with Crippen LogP contribution in [0.25, 0.3) is 0 Å². The van der Waals surface area contributed by atoms with E-state index in [9.17, 15) is 9.59 Å². The van der Waals surface area contributed by atoms with Gasteiger partial charge in [-0.15, -0.1) is 0 Å². The molecule has 3 amide bonds. The van der Waals surface area contributed by atoms with Crippen LogP contribution in [0.2, 0.25) is 0 Å². The number of amides is 3. The molecule has 1 fully saturated rings. The molecule has 1 aromatic heterocycles. The Morgan fingerprint density at radius 3 is 2.35 bits per heavy atom. The minimum absolute atomic E-state index is 0.0306. The topological polar surface area (TPSA) is 78.3 Å². The minimum Gasteiger partial charge on any atom is -0.468 e. The average Bonchev–Trinajstić information content (AvgIpc) is 3.07. The minimum atomic E-state index is -0.515. The summed E-state index contributed by atoms with van der Waals surface area (Å²) in [5.74, 6) is 0.810. The van der Waals surface area contributed by atoms with Crippen LogP contribution >= 0.6 is 0 Å². The van der Waals surface area contributed by atoms with E-state index in [1.54, 1.807) is 16.1 Å². The molecule has 0 bridgehead atoms. The molecule has 0 aliphatic carbocycles. The molecule has 1 aromatic rings. The van der Waals surface area contributed by atoms with Crippen LogP contribution in [0.3, 0.4) is 0 Å². The molecular formula is C18H30N4O4. The summed E-state index contributed by atoms with van der Waals surface area (Å²) in [6.07, 6.45) is 1.30. The molecule has 146 valence electrons. The van der Waals surface area contributed by atoms with Crippen LogP contribution in [0.1, 0.15) is 32.6 Å². The maximum atomic E-state index is 12.4. The molecule has 0 aromatic carbocycles. The van der Waals surface area contributed by atoms with Crippen molar-refractivity contribution in [1.82, 2.24) is 20.0 Å². The largest absolute Gasteiger partial charge is 0.468 e. The second-order valence-electron chi connectivity index (χ2n) is 7.64. The molecule has 0 radical (unpaired) electrons. The zero-order chi connectivity index (χ0) is 19.3. The van der Waals surface area contributed by atoms with Crippen LogP contribution < -0.4 is 5.32 Å². The van der Waals surface area contributed by atoms with Crippen LogP contribution in [0.15, 0.2) is 22.8 Å². The van der Waals surface area contributed by atoms with E-state index in [1.807, 2.05) is 51.9 Å². The quantitative estimate of drug-likeness (QED) is 0.883. The molecule has 1 saturated heterocycles. The summed E-state index contributed by atoms with van der Waals surface area (Å²) in [5, 5.41) is 2.96. The third-order valence-electron chi connectivity index (χ3n) is 4.16. The van der Waals surface area contributed by atoms with Crippen molar-refractivity contribution >= 4 is 12.1 Å². The second kappa shape index (κ2) is 8.44. The highest BCUT2D eigenvalue weighted by Gasteiger charge is 2.28. The van der Waals surface area contributed by atoms with Crippen LogP contribution in [-0.4, -0.2) is 79.2 Å². The van der Waals surface area contributed by atoms with E-state index in [0.717, 1.165) is 5.76 Å². The number of piperazine rings is 1. The predicted octanol–water partition coefficient (Wildman–Crippen LogP) is 2.14. The number of ether oxygens (including phenoxy) is 1. The van der Waals surface area contributed by atoms with Crippen molar-refractivity contribution in [3.05, 3.63) is 24.2 Å². The van der Waals surface area contributed by atoms with E-state index in [2.05, 4.69) is 5.32 Å². The van der Waals surface area contributed by atoms with Gasteiger partial charge in [-0.2, -0.15) is 0 Å². The molecule has 0 saturated carbocycles. The summed E-state index contributed by atoms with van der Waals surface area (Å²) in [7, 11) is 3.89. The molecule has 26 heavy (non-hydrogen) atoms. The van der Waals surface area contributed by atoms with Gasteiger partial charge in [0.1, 0.15) is 11.4 Å². The van der Waals surface area contributed by atoms with E-state index in [0.29, 0.717) is 32.7 Å². The van der Waals surface area contributed by atoms with Gasteiger partial charge in [0.2, 0.25) is 0 Å². The third-order valence-corrected chi connectivity index (χ3v) is 4.16. The van der Waals surface area contributed by atoms with Crippen molar-refractivity contribution in [2.75, 3.05) is 46.8 Å². The number of rotatable bonds is 4. The van der Waals surface area contributed by atoms with Crippen molar-refractivity contribution < 1.29 is 18.7 Å². The maximum absolute atomic E-state index is 12.4. The Balaban J connectivity index is 1.80. The number of nitrogens with one attached hydrogen (secondary N) is 1. The zero-order valence-electron chi connectivity index (χ0n) is 16.3. The van der Waals surface area contributed by atoms with Crippen LogP contribution in [0.4, 0.5) is 9.59 Å². The first kappa shape index (κ1) is 20.1. The van der Waals surface area contributed by atoms with Gasteiger partial charge in [-0.1, -0.05) is 0 Å². The average molecular weight is 366 g/mol. The molecule has 2 rings (SSSR count). The molecule has 1 aliphatic rings. The lowest BCUT2D eigenvalue weighted by Crippen LogP contribution is -2.54. The number of carbonyl (C=O) groups is 2. The van der Waals surface area contributed by atoms with E-state index in [-0.39, 0.29) is 18.2 Å². The highest BCUT2D eigenvalue weighted by Crippen LogP contribution is 2.18. The predicted molar refractivity (Wildman–Crippen MR) is 97.9 cm³/mol. The Morgan fingerprint density at radius 2 is 1.85 bits per heavy atom. The van der Waals surface area contributed by atoms with E-state index < -0.39 is 5.60 Å². The number of carbonyl (C=O) groups excluding carboxylic acids is 2. The molecule has 0 spiro atoms. The number of nitrogens with zero attached hydrogens (tertiary/aromatic N) is 3. The maximum Gasteiger partial charge on any atom is 0.410 e. The van der Waals surface area contributed by atoms with Gasteiger partial charge in [0.15, 0.2) is 0 Å². The van der Waals surface area contributed by atoms with Gasteiger partial charge in [-0.05, 0) is 47.0 Å². The summed E-state index contributed by atoms with van der Waals surface area (Å²) in [4.78, 5) is 29.9. The normalized spacial score (nSPS) is 16.5. The van der Waals surface area contributed by atoms with Crippen LogP contribution in [0, 0.1) is 0 Å². The fraction of sp³-hybridized carbons (Fsp3) is 0.667. The number of furan rings is 1. The first-order valence-electron chi connectivity index (χ1n) is 8.88. The molecular weight excluding hydrogens is 336 g/mol. The zero-order valence-corrected chi connectivity index (χ0v) is 16.3. The van der Waals surface area contributed by atoms with Crippen molar-refractivity contribution in [3.8, 4) is 0 Å². The molecule has 1 unspecified atom stereocenters. The molecule has 1 N–H and O–H groups in total. The fourth-order valence-electron chi connectivity index (χ4n) is 2.73. The lowest BCUT2D eigenvalue weighted by Gasteiger charge is -2.35. The van der Waals surface area contributed by atoms with Crippen molar-refractivity contribution in [1.29, 1.82) is 0 Å². The SMILES string of the molecule is CN(C)C(CNC(=O)N1CCN(C(=O)OC(C)(C)C)CC1)c1ccco1. The Hall–Kier alpha value is -2.22. The van der Waals surface area contributed by atoms with Gasteiger partial charge >= 0.3 is 12.1 Å². The standard InChI is InChI=1S/C18H30N4O4/c1-18(2,3)26-17(24)22-10-8-21(9-11-22)16(23)19-13-14(20(4)5)15-7-6-12-25-15/h6-7,12,14H,8-11,13H2,1-5H3,(H,19,23). The number of hydrogen-bond acceptors (Lipinski definition) is 5. The Morgan fingerprint density at radius 1 is 1.23 bits per heavy atom. The third kappa shape index (κ3) is 5.66. The van der Waals surface area contributed by atoms with Crippen LogP contribution in [-0.2, 0) is 4.74 Å². The Kier molecular flexibility index (Phi) is 6.52. The van der Waals surface area contributed by atoms with Gasteiger partial charge in [0, 0.05) is 32.7 Å². The highest BCUT2D eigenvalue weighted by molar-refractivity contribution is 5.75. The number of urea groups is 1. The smallest absolute Gasteiger partial charge is 0.410 e. The lowest BCUT2D eigenvalue weighted by molar-refractivity contribution is 0.0169. The molecule has 1 aliphatic heterocycles. The van der Waals surface area contributed by atoms with E-state index in [1.165, 1.54) is 0 Å². The van der Waals surface area contributed by atoms with Gasteiger partial charge in [0.25, 0.3) is 0 Å². The van der Waals surface area contributed by atoms with Crippen molar-refractivity contribution in [3.63, 3.8) is 0 Å². The van der Waals surface area contributed by atoms with Gasteiger partial charge in [-0.25, -0.2) is 9.59 Å². The van der Waals surface area contributed by atoms with Gasteiger partial charge in [-0.3, -0.25) is 4.90 Å². The van der Waals surface area contributed by atoms with E-state index >= 15 is 0 Å². The Labute approximate surface area is 155 Å². The molecule has 2 heterocycles. The molecule has 8 heteroatoms. The van der Waals surface area contributed by atoms with Gasteiger partial charge < -0.3 is 24.3 Å². The molecule has 8 nitrogen and oxygen atoms in total. The van der Waals surface area contributed by atoms with Gasteiger partial charge in [0.05, 0.1) is 12.3 Å². The lowest BCUT2D eigenvalue weighted by atomic mass is 10.2. The van der Waals surface area contributed by atoms with Crippen molar-refractivity contribution in [2.24, 2.45) is 0 Å². The summed E-state index contributed by atoms with van der Waals surface area (Å²) in [5.41, 5.74) is -0.515. The number of likely N-dealkylation sites (N-methyl/N-ethyl adjacent to an activating group) is 1. The summed E-state index contributed by atoms with van der Waals surface area (Å²) < 4.78 is 10.8. The second-order valence-corrected chi connectivity index (χ2v) is 7.64. The fourth-order valence-corrected chi connectivity index (χ4v) is 2.73. The first-order valence-corrected chi connectivity index (χ1v) is 8.88.